The minimum atomic E-state index is -0.0608. The Morgan fingerprint density at radius 1 is 1.26 bits per heavy atom. The zero-order chi connectivity index (χ0) is 13.5. The van der Waals surface area contributed by atoms with Crippen LogP contribution in [0.15, 0.2) is 35.2 Å². The highest BCUT2D eigenvalue weighted by Gasteiger charge is 2.35. The molecule has 0 bridgehead atoms. The lowest BCUT2D eigenvalue weighted by molar-refractivity contribution is 0.290. The summed E-state index contributed by atoms with van der Waals surface area (Å²) in [5, 5.41) is 0. The fourth-order valence-electron chi connectivity index (χ4n) is 2.18. The van der Waals surface area contributed by atoms with Gasteiger partial charge in [-0.2, -0.15) is 0 Å². The molecular weight excluding hydrogens is 308 g/mol. The van der Waals surface area contributed by atoms with Gasteiger partial charge >= 0.3 is 0 Å². The molecule has 2 aromatic rings. The van der Waals surface area contributed by atoms with Gasteiger partial charge in [-0.15, -0.1) is 0 Å². The van der Waals surface area contributed by atoms with Gasteiger partial charge < -0.3 is 9.47 Å². The van der Waals surface area contributed by atoms with E-state index in [0.717, 1.165) is 17.1 Å². The van der Waals surface area contributed by atoms with Crippen LogP contribution in [0.2, 0.25) is 0 Å². The molecule has 3 rings (SSSR count). The van der Waals surface area contributed by atoms with Gasteiger partial charge in [-0.1, -0.05) is 19.9 Å². The second kappa shape index (κ2) is 4.49. The number of halogens is 1. The van der Waals surface area contributed by atoms with Gasteiger partial charge in [0.25, 0.3) is 0 Å². The summed E-state index contributed by atoms with van der Waals surface area (Å²) in [6.45, 7) is 4.94. The van der Waals surface area contributed by atoms with E-state index < -0.39 is 0 Å². The first kappa shape index (κ1) is 12.4. The van der Waals surface area contributed by atoms with Crippen molar-refractivity contribution in [3.8, 4) is 17.4 Å². The van der Waals surface area contributed by atoms with Crippen LogP contribution in [0.3, 0.4) is 0 Å². The molecule has 0 saturated heterocycles. The SMILES string of the molecule is CC1(C)COc2cccc(Oc3cnc(Br)cn3)c21. The molecule has 1 aromatic carbocycles. The van der Waals surface area contributed by atoms with E-state index in [1.165, 1.54) is 0 Å². The van der Waals surface area contributed by atoms with Crippen LogP contribution in [0.4, 0.5) is 0 Å². The minimum absolute atomic E-state index is 0.0608. The first-order valence-electron chi connectivity index (χ1n) is 5.98. The van der Waals surface area contributed by atoms with Crippen LogP contribution in [-0.4, -0.2) is 16.6 Å². The van der Waals surface area contributed by atoms with Gasteiger partial charge in [-0.05, 0) is 28.1 Å². The summed E-state index contributed by atoms with van der Waals surface area (Å²) in [7, 11) is 0. The lowest BCUT2D eigenvalue weighted by Crippen LogP contribution is -2.19. The Hall–Kier alpha value is -1.62. The fraction of sp³-hybridized carbons (Fsp3) is 0.286. The average Bonchev–Trinajstić information content (AvgIpc) is 2.70. The van der Waals surface area contributed by atoms with E-state index in [0.29, 0.717) is 17.1 Å². The lowest BCUT2D eigenvalue weighted by Gasteiger charge is -2.18. The van der Waals surface area contributed by atoms with Gasteiger partial charge in [0.1, 0.15) is 16.1 Å². The highest BCUT2D eigenvalue weighted by molar-refractivity contribution is 9.10. The summed E-state index contributed by atoms with van der Waals surface area (Å²) < 4.78 is 12.2. The first-order chi connectivity index (χ1) is 9.06. The van der Waals surface area contributed by atoms with Crippen molar-refractivity contribution in [1.29, 1.82) is 0 Å². The molecule has 0 amide bonds. The number of hydrogen-bond acceptors (Lipinski definition) is 4. The molecule has 0 N–H and O–H groups in total. The molecule has 0 unspecified atom stereocenters. The molecule has 0 radical (unpaired) electrons. The highest BCUT2D eigenvalue weighted by Crippen LogP contribution is 2.44. The molecular formula is C14H13BrN2O2. The van der Waals surface area contributed by atoms with Gasteiger partial charge in [0.2, 0.25) is 5.88 Å². The standard InChI is InChI=1S/C14H13BrN2O2/c1-14(2)8-18-9-4-3-5-10(13(9)14)19-12-7-16-11(15)6-17-12/h3-7H,8H2,1-2H3. The molecule has 2 heterocycles. The third kappa shape index (κ3) is 2.30. The molecule has 0 spiro atoms. The van der Waals surface area contributed by atoms with Crippen molar-refractivity contribution in [3.05, 3.63) is 40.8 Å². The second-order valence-electron chi connectivity index (χ2n) is 5.08. The normalized spacial score (nSPS) is 15.7. The molecule has 19 heavy (non-hydrogen) atoms. The number of fused-ring (bicyclic) bond motifs is 1. The Bertz CT molecular complexity index is 611. The van der Waals surface area contributed by atoms with Crippen molar-refractivity contribution >= 4 is 15.9 Å². The van der Waals surface area contributed by atoms with Crippen molar-refractivity contribution < 1.29 is 9.47 Å². The monoisotopic (exact) mass is 320 g/mol. The number of aromatic nitrogens is 2. The van der Waals surface area contributed by atoms with E-state index >= 15 is 0 Å². The smallest absolute Gasteiger partial charge is 0.237 e. The summed E-state index contributed by atoms with van der Waals surface area (Å²) in [6.07, 6.45) is 3.20. The number of ether oxygens (including phenoxy) is 2. The van der Waals surface area contributed by atoms with Crippen molar-refractivity contribution in [3.63, 3.8) is 0 Å². The Morgan fingerprint density at radius 2 is 2.11 bits per heavy atom. The van der Waals surface area contributed by atoms with E-state index in [4.69, 9.17) is 9.47 Å². The molecule has 5 heteroatoms. The number of benzene rings is 1. The highest BCUT2D eigenvalue weighted by atomic mass is 79.9. The number of rotatable bonds is 2. The van der Waals surface area contributed by atoms with Gasteiger partial charge in [0, 0.05) is 11.0 Å². The minimum Gasteiger partial charge on any atom is -0.492 e. The summed E-state index contributed by atoms with van der Waals surface area (Å²) in [5.41, 5.74) is 1.02. The predicted molar refractivity (Wildman–Crippen MR) is 74.8 cm³/mol. The van der Waals surface area contributed by atoms with Crippen molar-refractivity contribution in [2.45, 2.75) is 19.3 Å². The van der Waals surface area contributed by atoms with E-state index in [1.54, 1.807) is 12.4 Å². The molecule has 0 fully saturated rings. The number of hydrogen-bond donors (Lipinski definition) is 0. The zero-order valence-corrected chi connectivity index (χ0v) is 12.3. The molecule has 1 aliphatic heterocycles. The third-order valence-electron chi connectivity index (χ3n) is 3.06. The van der Waals surface area contributed by atoms with Crippen LogP contribution < -0.4 is 9.47 Å². The second-order valence-corrected chi connectivity index (χ2v) is 5.89. The van der Waals surface area contributed by atoms with Gasteiger partial charge in [-0.25, -0.2) is 9.97 Å². The van der Waals surface area contributed by atoms with Crippen LogP contribution in [0.1, 0.15) is 19.4 Å². The van der Waals surface area contributed by atoms with Crippen LogP contribution in [0, 0.1) is 0 Å². The summed E-state index contributed by atoms with van der Waals surface area (Å²) in [5.74, 6) is 2.13. The molecule has 0 atom stereocenters. The predicted octanol–water partition coefficient (Wildman–Crippen LogP) is 3.70. The summed E-state index contributed by atoms with van der Waals surface area (Å²) in [4.78, 5) is 8.28. The van der Waals surface area contributed by atoms with E-state index in [1.807, 2.05) is 18.2 Å². The topological polar surface area (TPSA) is 44.2 Å². The van der Waals surface area contributed by atoms with Crippen LogP contribution in [0.25, 0.3) is 0 Å². The van der Waals surface area contributed by atoms with E-state index in [9.17, 15) is 0 Å². The van der Waals surface area contributed by atoms with Crippen molar-refractivity contribution in [2.24, 2.45) is 0 Å². The van der Waals surface area contributed by atoms with Gasteiger partial charge in [-0.3, -0.25) is 0 Å². The molecule has 98 valence electrons. The molecule has 1 aliphatic rings. The maximum atomic E-state index is 5.84. The van der Waals surface area contributed by atoms with Crippen LogP contribution >= 0.6 is 15.9 Å². The van der Waals surface area contributed by atoms with Crippen LogP contribution in [0.5, 0.6) is 17.4 Å². The maximum absolute atomic E-state index is 5.84. The number of nitrogens with zero attached hydrogens (tertiary/aromatic N) is 2. The van der Waals surface area contributed by atoms with Gasteiger partial charge in [0.05, 0.1) is 19.0 Å². The van der Waals surface area contributed by atoms with Gasteiger partial charge in [0.15, 0.2) is 0 Å². The lowest BCUT2D eigenvalue weighted by atomic mass is 9.86. The third-order valence-corrected chi connectivity index (χ3v) is 3.47. The van der Waals surface area contributed by atoms with E-state index in [-0.39, 0.29) is 5.41 Å². The van der Waals surface area contributed by atoms with Crippen molar-refractivity contribution in [2.75, 3.05) is 6.61 Å². The van der Waals surface area contributed by atoms with E-state index in [2.05, 4.69) is 39.7 Å². The Balaban J connectivity index is 1.99. The molecule has 0 saturated carbocycles. The Morgan fingerprint density at radius 3 is 2.84 bits per heavy atom. The molecule has 0 aliphatic carbocycles. The zero-order valence-electron chi connectivity index (χ0n) is 10.7. The fourth-order valence-corrected chi connectivity index (χ4v) is 2.38. The Kier molecular flexibility index (Phi) is 2.93. The first-order valence-corrected chi connectivity index (χ1v) is 6.77. The molecule has 1 aromatic heterocycles. The Labute approximate surface area is 119 Å². The largest absolute Gasteiger partial charge is 0.492 e. The molecule has 4 nitrogen and oxygen atoms in total. The average molecular weight is 321 g/mol. The van der Waals surface area contributed by atoms with Crippen molar-refractivity contribution in [1.82, 2.24) is 9.97 Å². The quantitative estimate of drug-likeness (QED) is 0.846. The summed E-state index contributed by atoms with van der Waals surface area (Å²) in [6, 6.07) is 5.81. The maximum Gasteiger partial charge on any atom is 0.237 e. The van der Waals surface area contributed by atoms with Crippen LogP contribution in [-0.2, 0) is 5.41 Å². The summed E-state index contributed by atoms with van der Waals surface area (Å²) >= 11 is 3.25.